The van der Waals surface area contributed by atoms with Crippen LogP contribution >= 0.6 is 0 Å². The molecule has 1 rings (SSSR count). The van der Waals surface area contributed by atoms with E-state index in [4.69, 9.17) is 34.4 Å². The Balaban J connectivity index is 3.61. The molecule has 0 fully saturated rings. The van der Waals surface area contributed by atoms with Gasteiger partial charge in [-0.2, -0.15) is 0 Å². The maximum absolute atomic E-state index is 14.3. The monoisotopic (exact) mass is 1180 g/mol. The van der Waals surface area contributed by atoms with Gasteiger partial charge in [0.2, 0.25) is 59.1 Å². The van der Waals surface area contributed by atoms with Crippen LogP contribution in [0.15, 0.2) is 29.3 Å². The number of hydrogen-bond donors (Lipinski definition) is 17. The third kappa shape index (κ3) is 30.5. The Morgan fingerprint density at radius 1 is 0.470 bits per heavy atom. The second-order valence-electron chi connectivity index (χ2n) is 21.5. The second kappa shape index (κ2) is 37.8. The first-order valence-corrected chi connectivity index (χ1v) is 27.6. The standard InChI is InChI=1S/C53H89N15O15/c1-27(2)22-36(66-50(80)38(25-30-12-14-31(69)15-13-30)64-44(74)32(55)10-9-21-60-53(58)59)48(78)61-33(11-7-8-20-54)45(75)67-39(26-43(72)73)51(81)63-34(16-18-41(56)70)46(76)62-35(17-19-42(57)71)47(77)65-37(23-28(3)4)49(79)68-40(52(82)83)24-29(5)6/h12-15,27-29,32-40,69H,7-11,16-26,54-55H2,1-6H3,(H2,56,70)(H2,57,71)(H,61,78)(H,62,76)(H,63,81)(H,64,74)(H,65,77)(H,66,80)(H,67,75)(H,68,79)(H,72,73)(H,82,83)(H4,58,59,60)/t32-,33-,34-,35-,36-,37-,38-,39-,40-/m0/s1. The van der Waals surface area contributed by atoms with Gasteiger partial charge in [-0.25, -0.2) is 4.79 Å². The van der Waals surface area contributed by atoms with Crippen LogP contribution in [0.25, 0.3) is 0 Å². The molecule has 0 saturated carbocycles. The number of primary amides is 2. The molecule has 466 valence electrons. The molecule has 10 amide bonds. The van der Waals surface area contributed by atoms with Crippen molar-refractivity contribution in [2.24, 2.45) is 57.1 Å². The number of aliphatic imine (C=N–C) groups is 1. The number of benzene rings is 1. The van der Waals surface area contributed by atoms with E-state index >= 15 is 0 Å². The fourth-order valence-electron chi connectivity index (χ4n) is 8.27. The van der Waals surface area contributed by atoms with Crippen molar-refractivity contribution in [2.75, 3.05) is 13.1 Å². The van der Waals surface area contributed by atoms with Crippen molar-refractivity contribution in [3.8, 4) is 5.75 Å². The van der Waals surface area contributed by atoms with E-state index < -0.39 is 157 Å². The molecule has 30 nitrogen and oxygen atoms in total. The Kier molecular flexibility index (Phi) is 33.2. The Morgan fingerprint density at radius 3 is 1.25 bits per heavy atom. The van der Waals surface area contributed by atoms with Crippen LogP contribution < -0.4 is 76.9 Å². The zero-order chi connectivity index (χ0) is 63.1. The number of aliphatic carboxylic acids is 2. The number of rotatable bonds is 41. The summed E-state index contributed by atoms with van der Waals surface area (Å²) in [5.41, 5.74) is 33.9. The molecular formula is C53H89N15O15. The smallest absolute Gasteiger partial charge is 0.326 e. The Hall–Kier alpha value is -8.15. The predicted octanol–water partition coefficient (Wildman–Crippen LogP) is -3.45. The average Bonchev–Trinajstić information content (AvgIpc) is 3.46. The van der Waals surface area contributed by atoms with Gasteiger partial charge in [0.15, 0.2) is 5.96 Å². The number of nitrogens with one attached hydrogen (secondary N) is 8. The number of carbonyl (C=O) groups excluding carboxylic acids is 10. The molecular weight excluding hydrogens is 1090 g/mol. The van der Waals surface area contributed by atoms with Crippen LogP contribution in [0.1, 0.15) is 131 Å². The van der Waals surface area contributed by atoms with Crippen LogP contribution in [-0.2, 0) is 64.0 Å². The Labute approximate surface area is 482 Å². The van der Waals surface area contributed by atoms with Crippen molar-refractivity contribution in [3.63, 3.8) is 0 Å². The van der Waals surface area contributed by atoms with Gasteiger partial charge in [-0.15, -0.1) is 0 Å². The van der Waals surface area contributed by atoms with E-state index in [0.29, 0.717) is 18.4 Å². The summed E-state index contributed by atoms with van der Waals surface area (Å²) in [6.07, 6.45) is -2.39. The number of carboxylic acids is 2. The molecule has 0 heterocycles. The number of guanidine groups is 1. The van der Waals surface area contributed by atoms with Gasteiger partial charge in [0.25, 0.3) is 0 Å². The summed E-state index contributed by atoms with van der Waals surface area (Å²) in [6.45, 7) is 10.8. The summed E-state index contributed by atoms with van der Waals surface area (Å²) in [6, 6.07) is -7.64. The van der Waals surface area contributed by atoms with Gasteiger partial charge in [-0.3, -0.25) is 57.7 Å². The first-order valence-electron chi connectivity index (χ1n) is 27.6. The van der Waals surface area contributed by atoms with Crippen LogP contribution in [0, 0.1) is 17.8 Å². The highest BCUT2D eigenvalue weighted by atomic mass is 16.4. The number of phenols is 1. The summed E-state index contributed by atoms with van der Waals surface area (Å²) in [5.74, 6) is -13.5. The molecule has 0 radical (unpaired) electrons. The van der Waals surface area contributed by atoms with Crippen molar-refractivity contribution in [1.29, 1.82) is 0 Å². The minimum absolute atomic E-state index is 0.00527. The summed E-state index contributed by atoms with van der Waals surface area (Å²) in [5, 5.41) is 49.3. The number of carbonyl (C=O) groups is 12. The zero-order valence-electron chi connectivity index (χ0n) is 48.2. The number of hydrogen-bond acceptors (Lipinski definition) is 16. The molecule has 0 saturated heterocycles. The van der Waals surface area contributed by atoms with E-state index in [1.807, 2.05) is 0 Å². The molecule has 30 heteroatoms. The molecule has 23 N–H and O–H groups in total. The van der Waals surface area contributed by atoms with Crippen molar-refractivity contribution < 1.29 is 72.9 Å². The molecule has 0 aliphatic rings. The van der Waals surface area contributed by atoms with E-state index in [1.165, 1.54) is 24.3 Å². The van der Waals surface area contributed by atoms with Crippen molar-refractivity contribution in [1.82, 2.24) is 42.5 Å². The minimum Gasteiger partial charge on any atom is -0.508 e. The fraction of sp³-hybridized carbons (Fsp3) is 0.642. The van der Waals surface area contributed by atoms with Gasteiger partial charge in [0.1, 0.15) is 54.1 Å². The number of nitrogens with zero attached hydrogens (tertiary/aromatic N) is 1. The summed E-state index contributed by atoms with van der Waals surface area (Å²) < 4.78 is 0. The van der Waals surface area contributed by atoms with Gasteiger partial charge in [0.05, 0.1) is 12.5 Å². The number of amides is 10. The van der Waals surface area contributed by atoms with E-state index in [0.717, 1.165) is 0 Å². The first kappa shape index (κ1) is 72.9. The molecule has 0 bridgehead atoms. The molecule has 0 aromatic heterocycles. The van der Waals surface area contributed by atoms with Gasteiger partial charge in [-0.1, -0.05) is 53.7 Å². The quantitative estimate of drug-likeness (QED) is 0.0172. The summed E-state index contributed by atoms with van der Waals surface area (Å²) in [4.78, 5) is 164. The third-order valence-corrected chi connectivity index (χ3v) is 12.5. The largest absolute Gasteiger partial charge is 0.508 e. The molecule has 9 atom stereocenters. The van der Waals surface area contributed by atoms with Crippen molar-refractivity contribution in [2.45, 2.75) is 186 Å². The van der Waals surface area contributed by atoms with Crippen LogP contribution in [0.3, 0.4) is 0 Å². The van der Waals surface area contributed by atoms with E-state index in [2.05, 4.69) is 47.5 Å². The van der Waals surface area contributed by atoms with Crippen LogP contribution in [0.5, 0.6) is 5.75 Å². The normalized spacial score (nSPS) is 14.4. The molecule has 0 aliphatic heterocycles. The molecule has 1 aromatic carbocycles. The summed E-state index contributed by atoms with van der Waals surface area (Å²) in [7, 11) is 0. The van der Waals surface area contributed by atoms with Crippen LogP contribution in [0.4, 0.5) is 0 Å². The lowest BCUT2D eigenvalue weighted by Crippen LogP contribution is -2.61. The maximum Gasteiger partial charge on any atom is 0.326 e. The number of nitrogens with two attached hydrogens (primary N) is 6. The molecule has 83 heavy (non-hydrogen) atoms. The molecule has 0 aliphatic carbocycles. The highest BCUT2D eigenvalue weighted by molar-refractivity contribution is 5.99. The van der Waals surface area contributed by atoms with Gasteiger partial charge >= 0.3 is 11.9 Å². The highest BCUT2D eigenvalue weighted by Crippen LogP contribution is 2.15. The fourth-order valence-corrected chi connectivity index (χ4v) is 8.27. The number of unbranched alkanes of at least 4 members (excludes halogenated alkanes) is 1. The lowest BCUT2D eigenvalue weighted by atomic mass is 9.99. The SMILES string of the molecule is CC(C)C[C@H](NC(=O)[C@H](CC(C)C)NC(=O)[C@H](CCC(N)=O)NC(=O)[C@H](CCC(N)=O)NC(=O)[C@H](CC(=O)O)NC(=O)[C@H](CCCCN)NC(=O)[C@H](CC(C)C)NC(=O)[C@H](Cc1ccc(O)cc1)NC(=O)[C@@H](N)CCCN=C(N)N)C(=O)O. The lowest BCUT2D eigenvalue weighted by Gasteiger charge is -2.28. The third-order valence-electron chi connectivity index (χ3n) is 12.5. The van der Waals surface area contributed by atoms with E-state index in [1.54, 1.807) is 41.5 Å². The molecule has 0 unspecified atom stereocenters. The maximum atomic E-state index is 14.3. The van der Waals surface area contributed by atoms with Crippen molar-refractivity contribution in [3.05, 3.63) is 29.8 Å². The van der Waals surface area contributed by atoms with E-state index in [9.17, 15) is 72.9 Å². The van der Waals surface area contributed by atoms with Crippen LogP contribution in [-0.4, -0.2) is 160 Å². The minimum atomic E-state index is -1.99. The number of carboxylic acid groups (broad SMARTS) is 2. The number of aromatic hydroxyl groups is 1. The van der Waals surface area contributed by atoms with Gasteiger partial charge in [-0.05, 0) is 106 Å². The van der Waals surface area contributed by atoms with Crippen molar-refractivity contribution >= 4 is 77.0 Å². The Bertz CT molecular complexity index is 2380. The summed E-state index contributed by atoms with van der Waals surface area (Å²) >= 11 is 0. The Morgan fingerprint density at radius 2 is 0.843 bits per heavy atom. The lowest BCUT2D eigenvalue weighted by molar-refractivity contribution is -0.143. The molecule has 0 spiro atoms. The average molecular weight is 1180 g/mol. The highest BCUT2D eigenvalue weighted by Gasteiger charge is 2.36. The predicted molar refractivity (Wildman–Crippen MR) is 303 cm³/mol. The number of phenolic OH excluding ortho intramolecular Hbond substituents is 1. The molecule has 1 aromatic rings. The van der Waals surface area contributed by atoms with E-state index in [-0.39, 0.29) is 87.5 Å². The van der Waals surface area contributed by atoms with Crippen LogP contribution in [0.2, 0.25) is 0 Å². The first-order chi connectivity index (χ1) is 38.8. The topological polar surface area (TPSA) is 530 Å². The van der Waals surface area contributed by atoms with Gasteiger partial charge < -0.3 is 92.3 Å². The second-order valence-corrected chi connectivity index (χ2v) is 21.5. The van der Waals surface area contributed by atoms with Gasteiger partial charge in [0, 0.05) is 25.8 Å². The zero-order valence-corrected chi connectivity index (χ0v) is 48.2.